The van der Waals surface area contributed by atoms with Gasteiger partial charge in [-0.15, -0.1) is 0 Å². The van der Waals surface area contributed by atoms with Crippen LogP contribution in [0.1, 0.15) is 21.9 Å². The monoisotopic (exact) mass is 287 g/mol. The van der Waals surface area contributed by atoms with Crippen LogP contribution in [-0.2, 0) is 6.42 Å². The normalized spacial score (nSPS) is 10.2. The zero-order chi connectivity index (χ0) is 15.2. The van der Waals surface area contributed by atoms with Crippen LogP contribution in [0.5, 0.6) is 0 Å². The summed E-state index contributed by atoms with van der Waals surface area (Å²) >= 11 is 0. The molecule has 0 bridgehead atoms. The molecule has 0 saturated heterocycles. The molecule has 0 aliphatic carbocycles. The third-order valence-corrected chi connectivity index (χ3v) is 2.86. The third-order valence-electron chi connectivity index (χ3n) is 2.86. The van der Waals surface area contributed by atoms with E-state index in [-0.39, 0.29) is 11.5 Å². The summed E-state index contributed by atoms with van der Waals surface area (Å²) in [6, 6.07) is 4.83. The second-order valence-electron chi connectivity index (χ2n) is 4.49. The van der Waals surface area contributed by atoms with Crippen molar-refractivity contribution in [1.82, 2.24) is 20.3 Å². The molecule has 0 aromatic carbocycles. The Hall–Kier alpha value is -2.70. The number of aromatic amines is 1. The summed E-state index contributed by atoms with van der Waals surface area (Å²) in [5, 5.41) is 5.65. The Morgan fingerprint density at radius 3 is 2.95 bits per heavy atom. The molecule has 2 heterocycles. The number of aromatic nitrogens is 3. The molecule has 0 aliphatic rings. The predicted octanol–water partition coefficient (Wildman–Crippen LogP) is 0.488. The number of amides is 1. The lowest BCUT2D eigenvalue weighted by Crippen LogP contribution is -2.27. The van der Waals surface area contributed by atoms with Crippen molar-refractivity contribution in [3.63, 3.8) is 0 Å². The van der Waals surface area contributed by atoms with E-state index in [1.54, 1.807) is 32.3 Å². The Labute approximate surface area is 121 Å². The fourth-order valence-electron chi connectivity index (χ4n) is 1.94. The van der Waals surface area contributed by atoms with Gasteiger partial charge in [0.1, 0.15) is 11.6 Å². The van der Waals surface area contributed by atoms with Crippen molar-refractivity contribution in [2.45, 2.75) is 13.3 Å². The second-order valence-corrected chi connectivity index (χ2v) is 4.49. The van der Waals surface area contributed by atoms with Crippen molar-refractivity contribution in [2.24, 2.45) is 0 Å². The van der Waals surface area contributed by atoms with Crippen LogP contribution >= 0.6 is 0 Å². The van der Waals surface area contributed by atoms with Crippen LogP contribution in [0.25, 0.3) is 0 Å². The summed E-state index contributed by atoms with van der Waals surface area (Å²) in [4.78, 5) is 34.3. The molecule has 7 nitrogen and oxygen atoms in total. The molecule has 0 radical (unpaired) electrons. The van der Waals surface area contributed by atoms with Crippen LogP contribution in [-0.4, -0.2) is 34.5 Å². The largest absolute Gasteiger partial charge is 0.372 e. The molecule has 0 spiro atoms. The van der Waals surface area contributed by atoms with E-state index < -0.39 is 0 Å². The number of H-pyrrole nitrogens is 1. The molecule has 0 atom stereocenters. The van der Waals surface area contributed by atoms with Crippen LogP contribution in [0.15, 0.2) is 29.2 Å². The van der Waals surface area contributed by atoms with Gasteiger partial charge in [-0.3, -0.25) is 9.59 Å². The average molecular weight is 287 g/mol. The molecule has 2 rings (SSSR count). The molecule has 110 valence electrons. The molecule has 7 heteroatoms. The smallest absolute Gasteiger partial charge is 0.255 e. The molecule has 3 N–H and O–H groups in total. The van der Waals surface area contributed by atoms with E-state index in [1.807, 2.05) is 0 Å². The lowest BCUT2D eigenvalue weighted by atomic mass is 10.2. The quantitative estimate of drug-likeness (QED) is 0.743. The van der Waals surface area contributed by atoms with Crippen LogP contribution in [0.3, 0.4) is 0 Å². The van der Waals surface area contributed by atoms with E-state index in [0.717, 1.165) is 0 Å². The van der Waals surface area contributed by atoms with E-state index in [2.05, 4.69) is 25.6 Å². The maximum Gasteiger partial charge on any atom is 0.255 e. The van der Waals surface area contributed by atoms with Gasteiger partial charge in [-0.2, -0.15) is 0 Å². The highest BCUT2D eigenvalue weighted by atomic mass is 16.1. The molecular formula is C14H17N5O2. The van der Waals surface area contributed by atoms with Gasteiger partial charge in [-0.1, -0.05) is 0 Å². The summed E-state index contributed by atoms with van der Waals surface area (Å²) in [5.74, 6) is 0.861. The maximum absolute atomic E-state index is 12.1. The van der Waals surface area contributed by atoms with Gasteiger partial charge < -0.3 is 15.6 Å². The zero-order valence-electron chi connectivity index (χ0n) is 11.9. The molecule has 2 aromatic heterocycles. The number of aryl methyl sites for hydroxylation is 1. The van der Waals surface area contributed by atoms with Gasteiger partial charge in [0, 0.05) is 38.0 Å². The lowest BCUT2D eigenvalue weighted by molar-refractivity contribution is 0.0954. The van der Waals surface area contributed by atoms with Crippen LogP contribution in [0.2, 0.25) is 0 Å². The predicted molar refractivity (Wildman–Crippen MR) is 79.4 cm³/mol. The van der Waals surface area contributed by atoms with Crippen molar-refractivity contribution in [1.29, 1.82) is 0 Å². The molecule has 0 fully saturated rings. The maximum atomic E-state index is 12.1. The Bertz CT molecular complexity index is 696. The van der Waals surface area contributed by atoms with Gasteiger partial charge in [0.2, 0.25) is 0 Å². The molecular weight excluding hydrogens is 270 g/mol. The number of nitrogens with zero attached hydrogens (tertiary/aromatic N) is 2. The van der Waals surface area contributed by atoms with Gasteiger partial charge >= 0.3 is 0 Å². The first-order valence-corrected chi connectivity index (χ1v) is 6.58. The average Bonchev–Trinajstić information content (AvgIpc) is 2.46. The number of hydrogen-bond acceptors (Lipinski definition) is 5. The molecule has 0 aliphatic heterocycles. The minimum atomic E-state index is -0.220. The highest BCUT2D eigenvalue weighted by Crippen LogP contribution is 2.09. The van der Waals surface area contributed by atoms with E-state index in [0.29, 0.717) is 35.9 Å². The molecule has 21 heavy (non-hydrogen) atoms. The lowest BCUT2D eigenvalue weighted by Gasteiger charge is -2.08. The highest BCUT2D eigenvalue weighted by Gasteiger charge is 2.10. The SMILES string of the molecule is CNc1ncccc1C(=O)NCCc1nc(C)cc(=O)[nH]1. The molecule has 0 saturated carbocycles. The molecule has 0 unspecified atom stereocenters. The Kier molecular flexibility index (Phi) is 4.65. The van der Waals surface area contributed by atoms with Crippen molar-refractivity contribution in [2.75, 3.05) is 18.9 Å². The number of anilines is 1. The standard InChI is InChI=1S/C14H17N5O2/c1-9-8-12(20)19-11(18-9)5-7-17-14(21)10-4-3-6-16-13(10)15-2/h3-4,6,8H,5,7H2,1-2H3,(H,15,16)(H,17,21)(H,18,19,20). The van der Waals surface area contributed by atoms with Gasteiger partial charge in [0.05, 0.1) is 5.56 Å². The Balaban J connectivity index is 1.97. The highest BCUT2D eigenvalue weighted by molar-refractivity contribution is 5.98. The van der Waals surface area contributed by atoms with Crippen LogP contribution in [0, 0.1) is 6.92 Å². The van der Waals surface area contributed by atoms with Crippen molar-refractivity contribution in [3.8, 4) is 0 Å². The van der Waals surface area contributed by atoms with Crippen molar-refractivity contribution in [3.05, 3.63) is 51.8 Å². The van der Waals surface area contributed by atoms with Gasteiger partial charge in [0.15, 0.2) is 0 Å². The number of carbonyl (C=O) groups is 1. The number of rotatable bonds is 5. The number of pyridine rings is 1. The second kappa shape index (κ2) is 6.65. The minimum absolute atomic E-state index is 0.187. The summed E-state index contributed by atoms with van der Waals surface area (Å²) in [7, 11) is 1.71. The zero-order valence-corrected chi connectivity index (χ0v) is 11.9. The van der Waals surface area contributed by atoms with E-state index in [9.17, 15) is 9.59 Å². The fourth-order valence-corrected chi connectivity index (χ4v) is 1.94. The van der Waals surface area contributed by atoms with E-state index >= 15 is 0 Å². The van der Waals surface area contributed by atoms with E-state index in [4.69, 9.17) is 0 Å². The fraction of sp³-hybridized carbons (Fsp3) is 0.286. The van der Waals surface area contributed by atoms with Crippen molar-refractivity contribution < 1.29 is 4.79 Å². The summed E-state index contributed by atoms with van der Waals surface area (Å²) in [5.41, 5.74) is 0.948. The Morgan fingerprint density at radius 2 is 2.24 bits per heavy atom. The number of nitrogens with one attached hydrogen (secondary N) is 3. The van der Waals surface area contributed by atoms with Gasteiger partial charge in [-0.25, -0.2) is 9.97 Å². The van der Waals surface area contributed by atoms with Crippen LogP contribution in [0.4, 0.5) is 5.82 Å². The van der Waals surface area contributed by atoms with Gasteiger partial charge in [0.25, 0.3) is 11.5 Å². The third kappa shape index (κ3) is 3.88. The van der Waals surface area contributed by atoms with Crippen molar-refractivity contribution >= 4 is 11.7 Å². The van der Waals surface area contributed by atoms with Gasteiger partial charge in [-0.05, 0) is 19.1 Å². The van der Waals surface area contributed by atoms with Crippen LogP contribution < -0.4 is 16.2 Å². The first kappa shape index (κ1) is 14.7. The topological polar surface area (TPSA) is 99.8 Å². The number of hydrogen-bond donors (Lipinski definition) is 3. The number of carbonyl (C=O) groups excluding carboxylic acids is 1. The summed E-state index contributed by atoms with van der Waals surface area (Å²) in [6.45, 7) is 2.13. The van der Waals surface area contributed by atoms with E-state index in [1.165, 1.54) is 6.07 Å². The first-order valence-electron chi connectivity index (χ1n) is 6.58. The summed E-state index contributed by atoms with van der Waals surface area (Å²) in [6.07, 6.45) is 2.07. The molecule has 1 amide bonds. The minimum Gasteiger partial charge on any atom is -0.372 e. The Morgan fingerprint density at radius 1 is 1.43 bits per heavy atom. The molecule has 2 aromatic rings. The first-order chi connectivity index (χ1) is 10.1. The summed E-state index contributed by atoms with van der Waals surface area (Å²) < 4.78 is 0.